The molecule has 4 aromatic rings. The van der Waals surface area contributed by atoms with Crippen molar-refractivity contribution in [1.29, 1.82) is 0 Å². The zero-order valence-electron chi connectivity index (χ0n) is 34.1. The molecule has 6 rings (SSSR count). The fourth-order valence-corrected chi connectivity index (χ4v) is 49.5. The Morgan fingerprint density at radius 1 is 0.600 bits per heavy atom. The molecule has 4 aromatic carbocycles. The van der Waals surface area contributed by atoms with E-state index in [1.807, 2.05) is 0 Å². The number of hydrogen-bond donors (Lipinski definition) is 0. The SMILES string of the molecule is CCc1ccc(-c2cccc3c2C=C(CC(C)(C)C)[CH]3[Zr]([Cl])([Cl])([CH]2C(CC(C)(C)C)=Cc3c(-c4ccc(CC)cc4)cccc32)[SiH](C)CCC(F)(F)F)cc1. The standard InChI is InChI=1S/2C22H25.C4H8F3Si.2ClH.Zr/c2*1-5-16-9-11-18(12-10-16)20-8-6-7-19-13-17(14-21(19)20)15-22(2,3)4;1-8-3-2-4(5,6)7;;;/h2*6-14H,5,15H2,1-4H3;8H,2-3H2,1H3;2*1H;/q;;;;;+2/p-2. The summed E-state index contributed by atoms with van der Waals surface area (Å²) in [7, 11) is 17.7. The van der Waals surface area contributed by atoms with Gasteiger partial charge in [-0.05, 0) is 0 Å². The molecule has 0 heterocycles. The number of aryl methyl sites for hydroxylation is 2. The predicted octanol–water partition coefficient (Wildman–Crippen LogP) is 15.9. The van der Waals surface area contributed by atoms with Crippen LogP contribution in [0.4, 0.5) is 13.2 Å². The molecule has 2 aliphatic rings. The van der Waals surface area contributed by atoms with E-state index in [1.54, 1.807) is 0 Å². The van der Waals surface area contributed by atoms with Gasteiger partial charge < -0.3 is 0 Å². The molecule has 0 saturated carbocycles. The van der Waals surface area contributed by atoms with Gasteiger partial charge >= 0.3 is 340 Å². The van der Waals surface area contributed by atoms with Crippen molar-refractivity contribution in [2.75, 3.05) is 0 Å². The first-order chi connectivity index (χ1) is 25.6. The van der Waals surface area contributed by atoms with Crippen LogP contribution >= 0.6 is 17.0 Å². The van der Waals surface area contributed by atoms with Crippen LogP contribution in [0.2, 0.25) is 12.6 Å². The molecule has 55 heavy (non-hydrogen) atoms. The van der Waals surface area contributed by atoms with Gasteiger partial charge in [0, 0.05) is 0 Å². The van der Waals surface area contributed by atoms with E-state index >= 15 is 0 Å². The normalized spacial score (nSPS) is 18.6. The van der Waals surface area contributed by atoms with Gasteiger partial charge in [-0.15, -0.1) is 0 Å². The Labute approximate surface area is 337 Å². The van der Waals surface area contributed by atoms with Crippen LogP contribution in [0.5, 0.6) is 0 Å². The quantitative estimate of drug-likeness (QED) is 0.132. The summed E-state index contributed by atoms with van der Waals surface area (Å²) in [5.74, 6) is -2.55. The minimum atomic E-state index is -5.66. The van der Waals surface area contributed by atoms with Gasteiger partial charge in [-0.2, -0.15) is 0 Å². The van der Waals surface area contributed by atoms with Crippen molar-refractivity contribution in [1.82, 2.24) is 0 Å². The molecule has 0 bridgehead atoms. The molecular weight excluding hydrogens is 824 g/mol. The molecule has 0 spiro atoms. The Bertz CT molecular complexity index is 1960. The fourth-order valence-electron chi connectivity index (χ4n) is 9.50. The van der Waals surface area contributed by atoms with E-state index < -0.39 is 34.1 Å². The topological polar surface area (TPSA) is 0 Å². The third-order valence-electron chi connectivity index (χ3n) is 12.0. The summed E-state index contributed by atoms with van der Waals surface area (Å²) in [6.45, 7) is 19.8. The van der Waals surface area contributed by atoms with Gasteiger partial charge in [0.15, 0.2) is 0 Å². The molecule has 2 aliphatic carbocycles. The summed E-state index contributed by atoms with van der Waals surface area (Å²) in [5, 5.41) is 0. The monoisotopic (exact) mass is 879 g/mol. The Hall–Kier alpha value is -2.17. The molecule has 0 saturated heterocycles. The van der Waals surface area contributed by atoms with Crippen molar-refractivity contribution in [2.24, 2.45) is 10.8 Å². The zero-order valence-corrected chi connectivity index (χ0v) is 39.2. The molecule has 0 aromatic heterocycles. The van der Waals surface area contributed by atoms with E-state index in [2.05, 4.69) is 159 Å². The molecule has 293 valence electrons. The molecule has 0 amide bonds. The number of halogens is 5. The van der Waals surface area contributed by atoms with Crippen molar-refractivity contribution >= 4 is 35.1 Å². The minimum absolute atomic E-state index is 0.0291. The number of rotatable bonds is 11. The zero-order chi connectivity index (χ0) is 40.2. The van der Waals surface area contributed by atoms with Crippen LogP contribution in [0.1, 0.15) is 115 Å². The second kappa shape index (κ2) is 15.5. The first-order valence-corrected chi connectivity index (χ1v) is 36.1. The van der Waals surface area contributed by atoms with Crippen molar-refractivity contribution in [2.45, 2.75) is 114 Å². The van der Waals surface area contributed by atoms with E-state index in [4.69, 9.17) is 17.0 Å². The number of fused-ring (bicyclic) bond motifs is 2. The van der Waals surface area contributed by atoms with Crippen LogP contribution in [0.25, 0.3) is 34.4 Å². The van der Waals surface area contributed by atoms with Crippen LogP contribution in [-0.4, -0.2) is 12.1 Å². The predicted molar refractivity (Wildman–Crippen MR) is 232 cm³/mol. The van der Waals surface area contributed by atoms with Gasteiger partial charge in [0.05, 0.1) is 0 Å². The summed E-state index contributed by atoms with van der Waals surface area (Å²) in [6, 6.07) is 30.5. The third-order valence-corrected chi connectivity index (χ3v) is 62.2. The van der Waals surface area contributed by atoms with Crippen LogP contribution in [0, 0.1) is 10.8 Å². The molecule has 3 unspecified atom stereocenters. The Morgan fingerprint density at radius 2 is 0.982 bits per heavy atom. The summed E-state index contributed by atoms with van der Waals surface area (Å²) in [6.07, 6.45) is 2.97. The van der Waals surface area contributed by atoms with E-state index in [0.29, 0.717) is 0 Å². The maximum atomic E-state index is 14.3. The Morgan fingerprint density at radius 3 is 1.31 bits per heavy atom. The van der Waals surface area contributed by atoms with Crippen molar-refractivity contribution in [3.05, 3.63) is 129 Å². The molecule has 0 fully saturated rings. The first-order valence-electron chi connectivity index (χ1n) is 20.1. The average Bonchev–Trinajstić information content (AvgIpc) is 3.67. The molecule has 0 aliphatic heterocycles. The van der Waals surface area contributed by atoms with Gasteiger partial charge in [-0.3, -0.25) is 0 Å². The number of allylic oxidation sites excluding steroid dienone is 2. The van der Waals surface area contributed by atoms with Gasteiger partial charge in [-0.1, -0.05) is 0 Å². The maximum absolute atomic E-state index is 14.3. The summed E-state index contributed by atoms with van der Waals surface area (Å²) in [5.41, 5.74) is 13.7. The van der Waals surface area contributed by atoms with Crippen molar-refractivity contribution in [3.63, 3.8) is 0 Å². The first kappa shape index (κ1) is 42.4. The Kier molecular flexibility index (Phi) is 12.0. The summed E-state index contributed by atoms with van der Waals surface area (Å²) < 4.78 is 42.2. The van der Waals surface area contributed by atoms with Gasteiger partial charge in [0.25, 0.3) is 0 Å². The van der Waals surface area contributed by atoms with E-state index in [-0.39, 0.29) is 24.1 Å². The molecule has 7 heteroatoms. The van der Waals surface area contributed by atoms with Crippen molar-refractivity contribution < 1.29 is 28.7 Å². The van der Waals surface area contributed by atoms with E-state index in [0.717, 1.165) is 70.2 Å². The molecule has 3 atom stereocenters. The van der Waals surface area contributed by atoms with Crippen molar-refractivity contribution in [3.8, 4) is 22.3 Å². The van der Waals surface area contributed by atoms with Crippen LogP contribution in [0.3, 0.4) is 0 Å². The molecule has 0 radical (unpaired) electrons. The fraction of sp³-hybridized carbons (Fsp3) is 0.417. The Balaban J connectivity index is 1.65. The summed E-state index contributed by atoms with van der Waals surface area (Å²) >= 11 is -5.66. The van der Waals surface area contributed by atoms with Crippen LogP contribution in [-0.2, 0) is 28.4 Å². The van der Waals surface area contributed by atoms with Crippen LogP contribution in [0.15, 0.2) is 96.1 Å². The molecule has 0 nitrogen and oxygen atoms in total. The molecule has 0 N–H and O–H groups in total. The average molecular weight is 882 g/mol. The van der Waals surface area contributed by atoms with E-state index in [9.17, 15) is 13.2 Å². The van der Waals surface area contributed by atoms with Gasteiger partial charge in [0.1, 0.15) is 0 Å². The van der Waals surface area contributed by atoms with Crippen LogP contribution < -0.4 is 0 Å². The second-order valence-electron chi connectivity index (χ2n) is 18.8. The summed E-state index contributed by atoms with van der Waals surface area (Å²) in [4.78, 5) is 0. The van der Waals surface area contributed by atoms with E-state index in [1.165, 1.54) is 22.3 Å². The third kappa shape index (κ3) is 8.67. The second-order valence-corrected chi connectivity index (χ2v) is 60.1. The number of benzene rings is 4. The van der Waals surface area contributed by atoms with Gasteiger partial charge in [0.2, 0.25) is 0 Å². The number of hydrogen-bond acceptors (Lipinski definition) is 0. The molecular formula is C48H58Cl2F3SiZr. The number of alkyl halides is 3. The van der Waals surface area contributed by atoms with Gasteiger partial charge in [-0.25, -0.2) is 0 Å².